The lowest BCUT2D eigenvalue weighted by molar-refractivity contribution is 0.944. The van der Waals surface area contributed by atoms with E-state index in [9.17, 15) is 0 Å². The van der Waals surface area contributed by atoms with Gasteiger partial charge in [-0.25, -0.2) is 4.98 Å². The number of para-hydroxylation sites is 2. The number of aromatic nitrogens is 1. The summed E-state index contributed by atoms with van der Waals surface area (Å²) in [6.45, 7) is 9.34. The molecule has 1 aromatic carbocycles. The molecule has 0 saturated carbocycles. The van der Waals surface area contributed by atoms with Gasteiger partial charge >= 0.3 is 0 Å². The van der Waals surface area contributed by atoms with Crippen LogP contribution in [-0.4, -0.2) is 18.6 Å². The van der Waals surface area contributed by atoms with E-state index in [0.29, 0.717) is 0 Å². The number of hydrogen-bond donors (Lipinski definition) is 0. The summed E-state index contributed by atoms with van der Waals surface area (Å²) < 4.78 is 0. The maximum Gasteiger partial charge on any atom is 0.132 e. The van der Waals surface area contributed by atoms with Crippen LogP contribution in [0.3, 0.4) is 0 Å². The number of allylic oxidation sites excluding steroid dienone is 1. The Morgan fingerprint density at radius 2 is 1.83 bits per heavy atom. The molecule has 4 rings (SSSR count). The Hall–Kier alpha value is -2.75. The summed E-state index contributed by atoms with van der Waals surface area (Å²) in [5.41, 5.74) is 4.48. The Morgan fingerprint density at radius 3 is 2.48 bits per heavy atom. The van der Waals surface area contributed by atoms with Crippen molar-refractivity contribution in [1.29, 1.82) is 0 Å². The van der Waals surface area contributed by atoms with Gasteiger partial charge in [0.25, 0.3) is 0 Å². The van der Waals surface area contributed by atoms with Crippen LogP contribution in [0.4, 0.5) is 22.9 Å². The Morgan fingerprint density at radius 1 is 1.04 bits per heavy atom. The molecule has 116 valence electrons. The molecule has 4 heteroatoms. The van der Waals surface area contributed by atoms with Gasteiger partial charge < -0.3 is 9.80 Å². The maximum absolute atomic E-state index is 4.65. The fourth-order valence-electron chi connectivity index (χ4n) is 3.33. The van der Waals surface area contributed by atoms with Gasteiger partial charge in [-0.3, -0.25) is 4.90 Å². The quantitative estimate of drug-likeness (QED) is 0.827. The lowest BCUT2D eigenvalue weighted by atomic mass is 10.2. The minimum Gasteiger partial charge on any atom is -0.331 e. The van der Waals surface area contributed by atoms with Crippen LogP contribution in [0.5, 0.6) is 0 Å². The van der Waals surface area contributed by atoms with Crippen molar-refractivity contribution in [3.8, 4) is 0 Å². The second-order valence-corrected chi connectivity index (χ2v) is 6.00. The maximum atomic E-state index is 4.65. The number of nitrogens with zero attached hydrogens (tertiary/aromatic N) is 4. The number of hydrogen-bond acceptors (Lipinski definition) is 4. The second-order valence-electron chi connectivity index (χ2n) is 6.00. The molecule has 0 atom stereocenters. The van der Waals surface area contributed by atoms with E-state index in [1.54, 1.807) is 0 Å². The lowest BCUT2D eigenvalue weighted by Crippen LogP contribution is -2.21. The smallest absolute Gasteiger partial charge is 0.132 e. The van der Waals surface area contributed by atoms with Crippen molar-refractivity contribution in [1.82, 2.24) is 4.98 Å². The van der Waals surface area contributed by atoms with Crippen molar-refractivity contribution in [3.63, 3.8) is 0 Å². The number of fused-ring (bicyclic) bond motifs is 1. The van der Waals surface area contributed by atoms with Crippen molar-refractivity contribution >= 4 is 22.9 Å². The van der Waals surface area contributed by atoms with E-state index in [1.807, 2.05) is 25.4 Å². The van der Waals surface area contributed by atoms with Crippen LogP contribution in [-0.2, 0) is 0 Å². The van der Waals surface area contributed by atoms with E-state index in [0.717, 1.165) is 53.8 Å². The van der Waals surface area contributed by atoms with Gasteiger partial charge in [0.2, 0.25) is 0 Å². The van der Waals surface area contributed by atoms with Gasteiger partial charge in [-0.15, -0.1) is 0 Å². The molecule has 1 aromatic heterocycles. The fraction of sp³-hybridized carbons (Fsp3) is 0.211. The molecule has 0 aliphatic carbocycles. The highest BCUT2D eigenvalue weighted by Crippen LogP contribution is 2.44. The third-order valence-electron chi connectivity index (χ3n) is 4.63. The van der Waals surface area contributed by atoms with E-state index in [1.165, 1.54) is 0 Å². The first kappa shape index (κ1) is 13.9. The van der Waals surface area contributed by atoms with Gasteiger partial charge in [0.05, 0.1) is 23.3 Å². The first-order chi connectivity index (χ1) is 11.2. The molecule has 0 N–H and O–H groups in total. The monoisotopic (exact) mass is 304 g/mol. The zero-order chi connectivity index (χ0) is 16.0. The van der Waals surface area contributed by atoms with Gasteiger partial charge in [-0.1, -0.05) is 25.3 Å². The fourth-order valence-corrected chi connectivity index (χ4v) is 3.33. The molecule has 0 amide bonds. The molecule has 3 heterocycles. The highest BCUT2D eigenvalue weighted by atomic mass is 15.4. The zero-order valence-corrected chi connectivity index (χ0v) is 13.4. The van der Waals surface area contributed by atoms with Gasteiger partial charge in [0, 0.05) is 19.3 Å². The predicted molar refractivity (Wildman–Crippen MR) is 96.1 cm³/mol. The molecule has 0 spiro atoms. The second kappa shape index (κ2) is 5.16. The number of rotatable bonds is 2. The first-order valence-corrected chi connectivity index (χ1v) is 7.90. The summed E-state index contributed by atoms with van der Waals surface area (Å²) in [6, 6.07) is 12.5. The zero-order valence-electron chi connectivity index (χ0n) is 13.4. The van der Waals surface area contributed by atoms with Gasteiger partial charge in [0.1, 0.15) is 11.6 Å². The van der Waals surface area contributed by atoms with E-state index >= 15 is 0 Å². The van der Waals surface area contributed by atoms with Crippen LogP contribution in [0.15, 0.2) is 67.3 Å². The minimum atomic E-state index is 0.936. The summed E-state index contributed by atoms with van der Waals surface area (Å²) in [7, 11) is 2.04. The average Bonchev–Trinajstić information content (AvgIpc) is 3.11. The largest absolute Gasteiger partial charge is 0.331 e. The van der Waals surface area contributed by atoms with Gasteiger partial charge in [-0.2, -0.15) is 0 Å². The van der Waals surface area contributed by atoms with E-state index < -0.39 is 0 Å². The molecule has 1 saturated heterocycles. The molecule has 1 fully saturated rings. The predicted octanol–water partition coefficient (Wildman–Crippen LogP) is 4.25. The van der Waals surface area contributed by atoms with Gasteiger partial charge in [0.15, 0.2) is 0 Å². The standard InChI is InChI=1S/C19H20N4/c1-14-7-6-12-22(14)19-11-10-16(13-20-19)23-15(2)21(3)17-8-4-5-9-18(17)23/h4-5,8-11,13H,1-2,6-7,12H2,3H3. The van der Waals surface area contributed by atoms with Crippen LogP contribution >= 0.6 is 0 Å². The Labute approximate surface area is 137 Å². The third-order valence-corrected chi connectivity index (χ3v) is 4.63. The van der Waals surface area contributed by atoms with Crippen molar-refractivity contribution in [3.05, 3.63) is 67.3 Å². The molecule has 4 nitrogen and oxygen atoms in total. The molecule has 0 radical (unpaired) electrons. The van der Waals surface area contributed by atoms with Crippen molar-refractivity contribution in [2.24, 2.45) is 0 Å². The molecule has 23 heavy (non-hydrogen) atoms. The SMILES string of the molecule is C=C1CCCN1c1ccc(N2C(=C)N(C)c3ccccc32)cn1. The summed E-state index contributed by atoms with van der Waals surface area (Å²) in [5.74, 6) is 1.91. The minimum absolute atomic E-state index is 0.936. The van der Waals surface area contributed by atoms with Crippen LogP contribution in [0, 0.1) is 0 Å². The number of anilines is 4. The average molecular weight is 304 g/mol. The van der Waals surface area contributed by atoms with Crippen molar-refractivity contribution in [2.45, 2.75) is 12.8 Å². The summed E-state index contributed by atoms with van der Waals surface area (Å²) in [5, 5.41) is 0. The van der Waals surface area contributed by atoms with Crippen LogP contribution in [0.1, 0.15) is 12.8 Å². The summed E-state index contributed by atoms with van der Waals surface area (Å²) in [4.78, 5) is 11.1. The molecule has 0 unspecified atom stereocenters. The third kappa shape index (κ3) is 2.10. The molecule has 2 aliphatic rings. The Kier molecular flexibility index (Phi) is 3.11. The van der Waals surface area contributed by atoms with E-state index in [-0.39, 0.29) is 0 Å². The highest BCUT2D eigenvalue weighted by molar-refractivity contribution is 5.87. The van der Waals surface area contributed by atoms with Crippen molar-refractivity contribution in [2.75, 3.05) is 28.3 Å². The molecule has 2 aliphatic heterocycles. The van der Waals surface area contributed by atoms with Gasteiger partial charge in [-0.05, 0) is 37.1 Å². The van der Waals surface area contributed by atoms with Crippen LogP contribution in [0.2, 0.25) is 0 Å². The lowest BCUT2D eigenvalue weighted by Gasteiger charge is -2.23. The topological polar surface area (TPSA) is 22.6 Å². The van der Waals surface area contributed by atoms with E-state index in [4.69, 9.17) is 0 Å². The molecular weight excluding hydrogens is 284 g/mol. The van der Waals surface area contributed by atoms with Crippen LogP contribution in [0.25, 0.3) is 0 Å². The number of pyridine rings is 1. The molecule has 2 aromatic rings. The molecule has 0 bridgehead atoms. The number of benzene rings is 1. The Balaban J connectivity index is 1.69. The summed E-state index contributed by atoms with van der Waals surface area (Å²) in [6.07, 6.45) is 4.13. The van der Waals surface area contributed by atoms with E-state index in [2.05, 4.69) is 57.1 Å². The summed E-state index contributed by atoms with van der Waals surface area (Å²) >= 11 is 0. The normalized spacial score (nSPS) is 17.2. The van der Waals surface area contributed by atoms with Crippen LogP contribution < -0.4 is 14.7 Å². The van der Waals surface area contributed by atoms with Crippen molar-refractivity contribution < 1.29 is 0 Å². The molecular formula is C19H20N4. The highest BCUT2D eigenvalue weighted by Gasteiger charge is 2.28. The first-order valence-electron chi connectivity index (χ1n) is 7.90. The Bertz CT molecular complexity index is 778.